The molecule has 0 aliphatic carbocycles. The highest BCUT2D eigenvalue weighted by molar-refractivity contribution is 6.19. The Balaban J connectivity index is 1.81. The van der Waals surface area contributed by atoms with Gasteiger partial charge in [-0.3, -0.25) is 19.3 Å². The van der Waals surface area contributed by atoms with Gasteiger partial charge < -0.3 is 4.90 Å². The zero-order chi connectivity index (χ0) is 19.4. The maximum atomic E-state index is 13.1. The quantitative estimate of drug-likeness (QED) is 0.733. The van der Waals surface area contributed by atoms with Crippen molar-refractivity contribution in [2.24, 2.45) is 0 Å². The summed E-state index contributed by atoms with van der Waals surface area (Å²) < 4.78 is 0. The molecule has 2 aromatic rings. The van der Waals surface area contributed by atoms with Crippen molar-refractivity contribution in [3.8, 4) is 0 Å². The van der Waals surface area contributed by atoms with E-state index in [-0.39, 0.29) is 36.6 Å². The first kappa shape index (κ1) is 18.8. The van der Waals surface area contributed by atoms with E-state index in [1.54, 1.807) is 24.3 Å². The van der Waals surface area contributed by atoms with Crippen molar-refractivity contribution >= 4 is 23.4 Å². The smallest absolute Gasteiger partial charge is 0.254 e. The number of nitrogens with zero attached hydrogens (tertiary/aromatic N) is 2. The molecule has 27 heavy (non-hydrogen) atoms. The highest BCUT2D eigenvalue weighted by Crippen LogP contribution is 2.24. The van der Waals surface area contributed by atoms with Crippen molar-refractivity contribution in [1.29, 1.82) is 0 Å². The van der Waals surface area contributed by atoms with Gasteiger partial charge in [-0.15, -0.1) is 0 Å². The van der Waals surface area contributed by atoms with Gasteiger partial charge in [0.25, 0.3) is 5.91 Å². The maximum Gasteiger partial charge on any atom is 0.254 e. The van der Waals surface area contributed by atoms with Gasteiger partial charge in [-0.05, 0) is 43.2 Å². The Kier molecular flexibility index (Phi) is 5.69. The van der Waals surface area contributed by atoms with Gasteiger partial charge in [-0.25, -0.2) is 0 Å². The van der Waals surface area contributed by atoms with Crippen LogP contribution in [0.4, 0.5) is 5.69 Å². The molecule has 0 radical (unpaired) electrons. The Morgan fingerprint density at radius 3 is 2.15 bits per heavy atom. The molecule has 5 heteroatoms. The van der Waals surface area contributed by atoms with E-state index >= 15 is 0 Å². The van der Waals surface area contributed by atoms with Crippen LogP contribution in [0.25, 0.3) is 0 Å². The molecule has 1 atom stereocenters. The molecule has 0 bridgehead atoms. The lowest BCUT2D eigenvalue weighted by molar-refractivity contribution is -0.121. The summed E-state index contributed by atoms with van der Waals surface area (Å²) in [4.78, 5) is 39.9. The first-order valence-corrected chi connectivity index (χ1v) is 9.32. The molecule has 0 saturated carbocycles. The van der Waals surface area contributed by atoms with Crippen LogP contribution in [0.5, 0.6) is 0 Å². The van der Waals surface area contributed by atoms with Crippen LogP contribution in [-0.2, 0) is 16.1 Å². The van der Waals surface area contributed by atoms with Crippen molar-refractivity contribution in [2.75, 3.05) is 4.90 Å². The fourth-order valence-electron chi connectivity index (χ4n) is 3.21. The first-order chi connectivity index (χ1) is 13.0. The first-order valence-electron chi connectivity index (χ1n) is 9.32. The van der Waals surface area contributed by atoms with Crippen molar-refractivity contribution in [1.82, 2.24) is 4.90 Å². The summed E-state index contributed by atoms with van der Waals surface area (Å²) in [7, 11) is 0. The van der Waals surface area contributed by atoms with Crippen molar-refractivity contribution < 1.29 is 14.4 Å². The Morgan fingerprint density at radius 2 is 1.59 bits per heavy atom. The van der Waals surface area contributed by atoms with Crippen LogP contribution in [0.2, 0.25) is 0 Å². The number of amides is 3. The summed E-state index contributed by atoms with van der Waals surface area (Å²) in [6, 6.07) is 16.7. The highest BCUT2D eigenvalue weighted by atomic mass is 16.2. The lowest BCUT2D eigenvalue weighted by atomic mass is 10.1. The summed E-state index contributed by atoms with van der Waals surface area (Å²) in [5.41, 5.74) is 2.15. The number of anilines is 1. The normalized spacial score (nSPS) is 15.1. The molecule has 1 aliphatic rings. The van der Waals surface area contributed by atoms with Crippen molar-refractivity contribution in [3.63, 3.8) is 0 Å². The fourth-order valence-corrected chi connectivity index (χ4v) is 3.21. The lowest BCUT2D eigenvalue weighted by Gasteiger charge is -2.29. The van der Waals surface area contributed by atoms with E-state index in [0.717, 1.165) is 12.0 Å². The van der Waals surface area contributed by atoms with Gasteiger partial charge in [0.2, 0.25) is 11.8 Å². The minimum Gasteiger partial charge on any atom is -0.332 e. The van der Waals surface area contributed by atoms with Crippen molar-refractivity contribution in [3.05, 3.63) is 65.7 Å². The molecule has 3 amide bonds. The van der Waals surface area contributed by atoms with Crippen LogP contribution in [0.1, 0.15) is 49.0 Å². The third-order valence-electron chi connectivity index (χ3n) is 5.00. The summed E-state index contributed by atoms with van der Waals surface area (Å²) in [5.74, 6) is -0.437. The largest absolute Gasteiger partial charge is 0.332 e. The van der Waals surface area contributed by atoms with Gasteiger partial charge in [0.05, 0.1) is 5.69 Å². The molecule has 1 aliphatic heterocycles. The van der Waals surface area contributed by atoms with Crippen LogP contribution >= 0.6 is 0 Å². The van der Waals surface area contributed by atoms with E-state index in [2.05, 4.69) is 6.92 Å². The average Bonchev–Trinajstić information content (AvgIpc) is 3.04. The third kappa shape index (κ3) is 4.08. The van der Waals surface area contributed by atoms with E-state index in [0.29, 0.717) is 17.8 Å². The van der Waals surface area contributed by atoms with Crippen LogP contribution in [-0.4, -0.2) is 28.7 Å². The summed E-state index contributed by atoms with van der Waals surface area (Å²) in [5, 5.41) is 0. The summed E-state index contributed by atoms with van der Waals surface area (Å²) in [6.45, 7) is 4.64. The number of carbonyl (C=O) groups excluding carboxylic acids is 3. The van der Waals surface area contributed by atoms with E-state index in [1.165, 1.54) is 4.90 Å². The van der Waals surface area contributed by atoms with Crippen LogP contribution in [0, 0.1) is 0 Å². The molecule has 2 aromatic carbocycles. The summed E-state index contributed by atoms with van der Waals surface area (Å²) in [6.07, 6.45) is 1.35. The highest BCUT2D eigenvalue weighted by Gasteiger charge is 2.30. The molecule has 5 nitrogen and oxygen atoms in total. The second kappa shape index (κ2) is 8.16. The topological polar surface area (TPSA) is 57.7 Å². The van der Waals surface area contributed by atoms with Gasteiger partial charge in [0.15, 0.2) is 0 Å². The van der Waals surface area contributed by atoms with Gasteiger partial charge in [-0.1, -0.05) is 37.3 Å². The molecule has 0 unspecified atom stereocenters. The number of rotatable bonds is 6. The second-order valence-corrected chi connectivity index (χ2v) is 6.85. The minimum absolute atomic E-state index is 0.0566. The monoisotopic (exact) mass is 364 g/mol. The molecule has 0 aromatic heterocycles. The Hall–Kier alpha value is -2.95. The zero-order valence-corrected chi connectivity index (χ0v) is 15.7. The maximum absolute atomic E-state index is 13.1. The summed E-state index contributed by atoms with van der Waals surface area (Å²) >= 11 is 0. The number of hydrogen-bond donors (Lipinski definition) is 0. The number of carbonyl (C=O) groups is 3. The molecular weight excluding hydrogens is 340 g/mol. The van der Waals surface area contributed by atoms with Gasteiger partial charge in [-0.2, -0.15) is 0 Å². The molecule has 140 valence electrons. The van der Waals surface area contributed by atoms with Gasteiger partial charge in [0.1, 0.15) is 0 Å². The third-order valence-corrected chi connectivity index (χ3v) is 5.00. The number of hydrogen-bond acceptors (Lipinski definition) is 3. The molecule has 1 heterocycles. The molecule has 1 saturated heterocycles. The lowest BCUT2D eigenvalue weighted by Crippen LogP contribution is -2.37. The molecule has 1 fully saturated rings. The molecule has 3 rings (SSSR count). The predicted octanol–water partition coefficient (Wildman–Crippen LogP) is 3.78. The Labute approximate surface area is 159 Å². The molecular formula is C22H24N2O3. The van der Waals surface area contributed by atoms with Gasteiger partial charge >= 0.3 is 0 Å². The molecule has 0 N–H and O–H groups in total. The Morgan fingerprint density at radius 1 is 1.00 bits per heavy atom. The van der Waals surface area contributed by atoms with Crippen molar-refractivity contribution in [2.45, 2.75) is 45.7 Å². The van der Waals surface area contributed by atoms with Crippen LogP contribution < -0.4 is 4.90 Å². The fraction of sp³-hybridized carbons (Fsp3) is 0.318. The zero-order valence-electron chi connectivity index (χ0n) is 15.7. The van der Waals surface area contributed by atoms with E-state index in [4.69, 9.17) is 0 Å². The van der Waals surface area contributed by atoms with Crippen LogP contribution in [0.3, 0.4) is 0 Å². The second-order valence-electron chi connectivity index (χ2n) is 6.85. The van der Waals surface area contributed by atoms with E-state index in [1.807, 2.05) is 42.2 Å². The minimum atomic E-state index is -0.190. The SMILES string of the molecule is CC[C@@H](C)N(Cc1ccccc1)C(=O)c1ccc(N2C(=O)CCC2=O)cc1. The Bertz CT molecular complexity index is 814. The number of imide groups is 1. The van der Waals surface area contributed by atoms with Gasteiger partial charge in [0, 0.05) is 31.0 Å². The number of benzene rings is 2. The van der Waals surface area contributed by atoms with Crippen LogP contribution in [0.15, 0.2) is 54.6 Å². The molecule has 0 spiro atoms. The average molecular weight is 364 g/mol. The van der Waals surface area contributed by atoms with E-state index in [9.17, 15) is 14.4 Å². The predicted molar refractivity (Wildman–Crippen MR) is 104 cm³/mol. The van der Waals surface area contributed by atoms with E-state index < -0.39 is 0 Å². The standard InChI is InChI=1S/C22H24N2O3/c1-3-16(2)23(15-17-7-5-4-6-8-17)22(27)18-9-11-19(12-10-18)24-20(25)13-14-21(24)26/h4-12,16H,3,13-15H2,1-2H3/t16-/m1/s1.